The third-order valence-corrected chi connectivity index (χ3v) is 3.18. The summed E-state index contributed by atoms with van der Waals surface area (Å²) < 4.78 is 31.8. The summed E-state index contributed by atoms with van der Waals surface area (Å²) in [5, 5.41) is 3.11. The van der Waals surface area contributed by atoms with Crippen LogP contribution < -0.4 is 5.32 Å². The summed E-state index contributed by atoms with van der Waals surface area (Å²) in [5.74, 6) is -1.18. The van der Waals surface area contributed by atoms with Crippen LogP contribution in [0.5, 0.6) is 0 Å². The Morgan fingerprint density at radius 1 is 1.05 bits per heavy atom. The molecule has 3 rings (SSSR count). The average Bonchev–Trinajstić information content (AvgIpc) is 2.38. The monoisotopic (exact) mass is 261 g/mol. The van der Waals surface area contributed by atoms with Gasteiger partial charge in [-0.05, 0) is 23.3 Å². The SMILES string of the molecule is Fc1cc(F)cc(NC2COCc3ccccc32)c1. The Kier molecular flexibility index (Phi) is 3.17. The predicted molar refractivity (Wildman–Crippen MR) is 68.8 cm³/mol. The van der Waals surface area contributed by atoms with Crippen LogP contribution in [0.1, 0.15) is 17.2 Å². The van der Waals surface area contributed by atoms with Gasteiger partial charge in [-0.2, -0.15) is 0 Å². The molecule has 0 amide bonds. The highest BCUT2D eigenvalue weighted by molar-refractivity contribution is 5.47. The molecule has 1 aliphatic rings. The molecule has 0 aliphatic carbocycles. The molecule has 0 fully saturated rings. The van der Waals surface area contributed by atoms with Crippen LogP contribution in [-0.4, -0.2) is 6.61 Å². The smallest absolute Gasteiger partial charge is 0.128 e. The quantitative estimate of drug-likeness (QED) is 0.891. The van der Waals surface area contributed by atoms with E-state index >= 15 is 0 Å². The predicted octanol–water partition coefficient (Wildman–Crippen LogP) is 3.65. The van der Waals surface area contributed by atoms with Gasteiger partial charge in [-0.3, -0.25) is 0 Å². The lowest BCUT2D eigenvalue weighted by Gasteiger charge is -2.27. The molecule has 2 aromatic rings. The fourth-order valence-electron chi connectivity index (χ4n) is 2.34. The van der Waals surface area contributed by atoms with E-state index in [0.717, 1.165) is 17.2 Å². The zero-order valence-electron chi connectivity index (χ0n) is 10.2. The second kappa shape index (κ2) is 4.97. The van der Waals surface area contributed by atoms with Crippen molar-refractivity contribution in [2.24, 2.45) is 0 Å². The molecule has 0 saturated heterocycles. The molecule has 0 aromatic heterocycles. The van der Waals surface area contributed by atoms with Crippen molar-refractivity contribution < 1.29 is 13.5 Å². The zero-order valence-corrected chi connectivity index (χ0v) is 10.2. The molecule has 19 heavy (non-hydrogen) atoms. The summed E-state index contributed by atoms with van der Waals surface area (Å²) >= 11 is 0. The summed E-state index contributed by atoms with van der Waals surface area (Å²) in [7, 11) is 0. The van der Waals surface area contributed by atoms with E-state index in [-0.39, 0.29) is 6.04 Å². The fraction of sp³-hybridized carbons (Fsp3) is 0.200. The molecule has 2 nitrogen and oxygen atoms in total. The third kappa shape index (κ3) is 2.58. The molecule has 4 heteroatoms. The van der Waals surface area contributed by atoms with Gasteiger partial charge < -0.3 is 10.1 Å². The lowest BCUT2D eigenvalue weighted by molar-refractivity contribution is 0.0970. The number of halogens is 2. The summed E-state index contributed by atoms with van der Waals surface area (Å²) in [4.78, 5) is 0. The number of nitrogens with one attached hydrogen (secondary N) is 1. The highest BCUT2D eigenvalue weighted by Gasteiger charge is 2.20. The Labute approximate surface area is 110 Å². The lowest BCUT2D eigenvalue weighted by Crippen LogP contribution is -2.23. The number of ether oxygens (including phenoxy) is 1. The Morgan fingerprint density at radius 3 is 2.58 bits per heavy atom. The molecule has 0 saturated carbocycles. The molecular weight excluding hydrogens is 248 g/mol. The Hall–Kier alpha value is -1.94. The third-order valence-electron chi connectivity index (χ3n) is 3.18. The van der Waals surface area contributed by atoms with Gasteiger partial charge in [0.05, 0.1) is 19.3 Å². The minimum atomic E-state index is -0.590. The van der Waals surface area contributed by atoms with Gasteiger partial charge in [0, 0.05) is 11.8 Å². The van der Waals surface area contributed by atoms with E-state index in [9.17, 15) is 8.78 Å². The van der Waals surface area contributed by atoms with Crippen LogP contribution in [0.2, 0.25) is 0 Å². The van der Waals surface area contributed by atoms with Crippen LogP contribution in [0.25, 0.3) is 0 Å². The first-order valence-electron chi connectivity index (χ1n) is 6.10. The number of hydrogen-bond donors (Lipinski definition) is 1. The molecule has 1 heterocycles. The normalized spacial score (nSPS) is 17.9. The van der Waals surface area contributed by atoms with E-state index in [1.54, 1.807) is 0 Å². The van der Waals surface area contributed by atoms with Crippen LogP contribution in [0.4, 0.5) is 14.5 Å². The standard InChI is InChI=1S/C15H13F2NO/c16-11-5-12(17)7-13(6-11)18-15-9-19-8-10-3-1-2-4-14(10)15/h1-7,15,18H,8-9H2. The maximum absolute atomic E-state index is 13.2. The van der Waals surface area contributed by atoms with Gasteiger partial charge >= 0.3 is 0 Å². The van der Waals surface area contributed by atoms with Crippen molar-refractivity contribution in [2.75, 3.05) is 11.9 Å². The Morgan fingerprint density at radius 2 is 1.79 bits per heavy atom. The first-order valence-corrected chi connectivity index (χ1v) is 6.10. The van der Waals surface area contributed by atoms with Crippen molar-refractivity contribution >= 4 is 5.69 Å². The van der Waals surface area contributed by atoms with Crippen molar-refractivity contribution in [3.8, 4) is 0 Å². The minimum absolute atomic E-state index is 0.0915. The van der Waals surface area contributed by atoms with Gasteiger partial charge in [0.15, 0.2) is 0 Å². The molecule has 1 atom stereocenters. The van der Waals surface area contributed by atoms with Crippen molar-refractivity contribution in [1.29, 1.82) is 0 Å². The Bertz CT molecular complexity index is 580. The van der Waals surface area contributed by atoms with E-state index in [2.05, 4.69) is 5.32 Å². The van der Waals surface area contributed by atoms with E-state index in [1.807, 2.05) is 24.3 Å². The summed E-state index contributed by atoms with van der Waals surface area (Å²) in [6.45, 7) is 1.06. The van der Waals surface area contributed by atoms with Gasteiger partial charge in [-0.25, -0.2) is 8.78 Å². The molecular formula is C15H13F2NO. The first kappa shape index (κ1) is 12.1. The van der Waals surface area contributed by atoms with Crippen molar-refractivity contribution in [3.63, 3.8) is 0 Å². The van der Waals surface area contributed by atoms with Crippen LogP contribution in [0.3, 0.4) is 0 Å². The van der Waals surface area contributed by atoms with Gasteiger partial charge in [-0.1, -0.05) is 24.3 Å². The number of fused-ring (bicyclic) bond motifs is 1. The number of benzene rings is 2. The molecule has 1 unspecified atom stereocenters. The van der Waals surface area contributed by atoms with E-state index in [1.165, 1.54) is 12.1 Å². The zero-order chi connectivity index (χ0) is 13.2. The van der Waals surface area contributed by atoms with Gasteiger partial charge in [-0.15, -0.1) is 0 Å². The number of anilines is 1. The highest BCUT2D eigenvalue weighted by Crippen LogP contribution is 2.28. The Balaban J connectivity index is 1.88. The molecule has 1 N–H and O–H groups in total. The van der Waals surface area contributed by atoms with Crippen LogP contribution in [-0.2, 0) is 11.3 Å². The second-order valence-corrected chi connectivity index (χ2v) is 4.57. The fourth-order valence-corrected chi connectivity index (χ4v) is 2.34. The lowest BCUT2D eigenvalue weighted by atomic mass is 9.99. The molecule has 0 bridgehead atoms. The minimum Gasteiger partial charge on any atom is -0.376 e. The van der Waals surface area contributed by atoms with Crippen molar-refractivity contribution in [1.82, 2.24) is 0 Å². The largest absolute Gasteiger partial charge is 0.376 e. The summed E-state index contributed by atoms with van der Waals surface area (Å²) in [6.07, 6.45) is 0. The molecule has 98 valence electrons. The maximum Gasteiger partial charge on any atom is 0.128 e. The van der Waals surface area contributed by atoms with Crippen LogP contribution in [0.15, 0.2) is 42.5 Å². The molecule has 1 aliphatic heterocycles. The highest BCUT2D eigenvalue weighted by atomic mass is 19.1. The average molecular weight is 261 g/mol. The van der Waals surface area contributed by atoms with Gasteiger partial charge in [0.2, 0.25) is 0 Å². The van der Waals surface area contributed by atoms with Crippen molar-refractivity contribution in [3.05, 3.63) is 65.2 Å². The molecule has 0 spiro atoms. The van der Waals surface area contributed by atoms with Crippen LogP contribution in [0, 0.1) is 11.6 Å². The summed E-state index contributed by atoms with van der Waals surface area (Å²) in [6, 6.07) is 11.2. The molecule has 0 radical (unpaired) electrons. The van der Waals surface area contributed by atoms with E-state index in [4.69, 9.17) is 4.74 Å². The number of hydrogen-bond acceptors (Lipinski definition) is 2. The van der Waals surface area contributed by atoms with E-state index in [0.29, 0.717) is 18.9 Å². The van der Waals surface area contributed by atoms with Crippen molar-refractivity contribution in [2.45, 2.75) is 12.6 Å². The number of rotatable bonds is 2. The van der Waals surface area contributed by atoms with Crippen LogP contribution >= 0.6 is 0 Å². The maximum atomic E-state index is 13.2. The van der Waals surface area contributed by atoms with Gasteiger partial charge in [0.1, 0.15) is 11.6 Å². The topological polar surface area (TPSA) is 21.3 Å². The van der Waals surface area contributed by atoms with E-state index < -0.39 is 11.6 Å². The summed E-state index contributed by atoms with van der Waals surface area (Å²) in [5.41, 5.74) is 2.63. The molecule has 2 aromatic carbocycles. The second-order valence-electron chi connectivity index (χ2n) is 4.57. The first-order chi connectivity index (χ1) is 9.22. The van der Waals surface area contributed by atoms with Gasteiger partial charge in [0.25, 0.3) is 0 Å².